The van der Waals surface area contributed by atoms with E-state index in [4.69, 9.17) is 23.7 Å². The normalized spacial score (nSPS) is 16.1. The van der Waals surface area contributed by atoms with Gasteiger partial charge in [-0.3, -0.25) is 19.2 Å². The van der Waals surface area contributed by atoms with E-state index in [1.165, 1.54) is 16.8 Å². The Hall–Kier alpha value is -7.13. The molecule has 1 saturated heterocycles. The molecule has 1 aliphatic rings. The summed E-state index contributed by atoms with van der Waals surface area (Å²) in [6.45, 7) is 23.4. The molecule has 8 amide bonds. The van der Waals surface area contributed by atoms with Crippen molar-refractivity contribution < 1.29 is 66.8 Å². The molecular weight excluding hydrogens is 1030 g/mol. The summed E-state index contributed by atoms with van der Waals surface area (Å²) in [7, 11) is 1.48. The van der Waals surface area contributed by atoms with Crippen molar-refractivity contribution in [1.29, 1.82) is 0 Å². The summed E-state index contributed by atoms with van der Waals surface area (Å²) in [6.07, 6.45) is -2.34. The SMILES string of the molecule is CC(C)C[C@@H](NC(=O)[C@@H](Cc1ccccc1)NC(=O)[C@@H](Cc1ccccc1)NC(=O)OC(C)(C)C)C(=O)N[C@H](CCCCNC(=O)OC(C)(C)C)C(=O)N1CCC(NC(=O)OC(C)(C)C)(C(=O)OCCN(C)C(=O)OC(C)(C)C)C1. The molecule has 22 nitrogen and oxygen atoms in total. The number of carbonyl (C=O) groups is 9. The molecule has 0 bridgehead atoms. The molecule has 0 spiro atoms. The highest BCUT2D eigenvalue weighted by Gasteiger charge is 2.50. The van der Waals surface area contributed by atoms with Crippen molar-refractivity contribution in [3.63, 3.8) is 0 Å². The third kappa shape index (κ3) is 25.3. The van der Waals surface area contributed by atoms with Crippen LogP contribution in [0.15, 0.2) is 60.7 Å². The van der Waals surface area contributed by atoms with E-state index in [0.29, 0.717) is 18.4 Å². The summed E-state index contributed by atoms with van der Waals surface area (Å²) in [5, 5.41) is 16.6. The summed E-state index contributed by atoms with van der Waals surface area (Å²) >= 11 is 0. The van der Waals surface area contributed by atoms with Gasteiger partial charge in [-0.25, -0.2) is 24.0 Å². The van der Waals surface area contributed by atoms with E-state index in [1.54, 1.807) is 138 Å². The lowest BCUT2D eigenvalue weighted by molar-refractivity contribution is -0.152. The van der Waals surface area contributed by atoms with Crippen LogP contribution in [-0.2, 0) is 60.5 Å². The Balaban J connectivity index is 1.98. The molecule has 0 saturated carbocycles. The number of alkyl carbamates (subject to hydrolysis) is 3. The van der Waals surface area contributed by atoms with E-state index in [-0.39, 0.29) is 70.8 Å². The van der Waals surface area contributed by atoms with Gasteiger partial charge >= 0.3 is 30.3 Å². The van der Waals surface area contributed by atoms with Crippen LogP contribution in [0.1, 0.15) is 140 Å². The monoisotopic (exact) mass is 1120 g/mol. The maximum atomic E-state index is 14.9. The molecule has 22 heteroatoms. The summed E-state index contributed by atoms with van der Waals surface area (Å²) in [6, 6.07) is 13.0. The number of nitrogens with zero attached hydrogens (tertiary/aromatic N) is 2. The van der Waals surface area contributed by atoms with E-state index >= 15 is 0 Å². The quantitative estimate of drug-likeness (QED) is 0.0374. The molecule has 5 atom stereocenters. The van der Waals surface area contributed by atoms with Gasteiger partial charge in [0, 0.05) is 39.4 Å². The highest BCUT2D eigenvalue weighted by Crippen LogP contribution is 2.26. The molecule has 6 N–H and O–H groups in total. The van der Waals surface area contributed by atoms with Crippen molar-refractivity contribution in [3.8, 4) is 0 Å². The van der Waals surface area contributed by atoms with Gasteiger partial charge in [0.1, 0.15) is 53.2 Å². The number of hydrogen-bond acceptors (Lipinski definition) is 14. The average molecular weight is 1120 g/mol. The first-order valence-corrected chi connectivity index (χ1v) is 27.4. The lowest BCUT2D eigenvalue weighted by atomic mass is 9.98. The fourth-order valence-electron chi connectivity index (χ4n) is 8.20. The van der Waals surface area contributed by atoms with E-state index in [2.05, 4.69) is 31.9 Å². The Kier molecular flexibility index (Phi) is 25.1. The third-order valence-electron chi connectivity index (χ3n) is 11.8. The first-order valence-electron chi connectivity index (χ1n) is 27.4. The fourth-order valence-corrected chi connectivity index (χ4v) is 8.20. The van der Waals surface area contributed by atoms with E-state index in [9.17, 15) is 43.2 Å². The molecule has 3 rings (SSSR count). The van der Waals surface area contributed by atoms with Gasteiger partial charge in [0.2, 0.25) is 23.6 Å². The summed E-state index contributed by atoms with van der Waals surface area (Å²) in [4.78, 5) is 127. The molecule has 2 aromatic rings. The zero-order chi connectivity index (χ0) is 60.2. The molecule has 0 aliphatic carbocycles. The molecule has 2 aromatic carbocycles. The fraction of sp³-hybridized carbons (Fsp3) is 0.638. The van der Waals surface area contributed by atoms with E-state index < -0.39 is 106 Å². The Labute approximate surface area is 472 Å². The van der Waals surface area contributed by atoms with Crippen LogP contribution >= 0.6 is 0 Å². The lowest BCUT2D eigenvalue weighted by Gasteiger charge is -2.31. The number of hydrogen-bond donors (Lipinski definition) is 6. The van der Waals surface area contributed by atoms with Crippen LogP contribution in [0, 0.1) is 5.92 Å². The number of esters is 1. The Bertz CT molecular complexity index is 2400. The Morgan fingerprint density at radius 3 is 1.56 bits per heavy atom. The molecule has 1 heterocycles. The second kappa shape index (κ2) is 29.9. The highest BCUT2D eigenvalue weighted by atomic mass is 16.6. The smallest absolute Gasteiger partial charge is 0.410 e. The van der Waals surface area contributed by atoms with Crippen molar-refractivity contribution in [3.05, 3.63) is 71.8 Å². The maximum Gasteiger partial charge on any atom is 0.410 e. The van der Waals surface area contributed by atoms with Gasteiger partial charge in [-0.05, 0) is 126 Å². The summed E-state index contributed by atoms with van der Waals surface area (Å²) in [5.41, 5.74) is -3.76. The molecular formula is C58H90N8O14. The van der Waals surface area contributed by atoms with Crippen LogP contribution in [0.25, 0.3) is 0 Å². The summed E-state index contributed by atoms with van der Waals surface area (Å²) in [5.74, 6) is -3.82. The predicted molar refractivity (Wildman–Crippen MR) is 300 cm³/mol. The van der Waals surface area contributed by atoms with Gasteiger partial charge in [0.15, 0.2) is 5.54 Å². The van der Waals surface area contributed by atoms with Gasteiger partial charge in [-0.2, -0.15) is 0 Å². The van der Waals surface area contributed by atoms with Crippen molar-refractivity contribution in [1.82, 2.24) is 41.7 Å². The van der Waals surface area contributed by atoms with Crippen LogP contribution in [0.4, 0.5) is 19.2 Å². The zero-order valence-electron chi connectivity index (χ0n) is 49.8. The Morgan fingerprint density at radius 2 is 1.05 bits per heavy atom. The van der Waals surface area contributed by atoms with Gasteiger partial charge in [-0.15, -0.1) is 0 Å². The topological polar surface area (TPSA) is 278 Å². The number of carbonyl (C=O) groups excluding carboxylic acids is 9. The molecule has 446 valence electrons. The largest absolute Gasteiger partial charge is 0.462 e. The van der Waals surface area contributed by atoms with Gasteiger partial charge in [0.05, 0.1) is 13.1 Å². The predicted octanol–water partition coefficient (Wildman–Crippen LogP) is 6.47. The number of ether oxygens (including phenoxy) is 5. The molecule has 80 heavy (non-hydrogen) atoms. The van der Waals surface area contributed by atoms with Crippen molar-refractivity contribution in [2.75, 3.05) is 39.8 Å². The lowest BCUT2D eigenvalue weighted by Crippen LogP contribution is -2.60. The third-order valence-corrected chi connectivity index (χ3v) is 11.8. The molecule has 0 radical (unpaired) electrons. The van der Waals surface area contributed by atoms with Crippen LogP contribution < -0.4 is 31.9 Å². The Morgan fingerprint density at radius 1 is 0.588 bits per heavy atom. The molecule has 0 aromatic heterocycles. The number of likely N-dealkylation sites (N-methyl/N-ethyl adjacent to an activating group) is 1. The van der Waals surface area contributed by atoms with Gasteiger partial charge in [-0.1, -0.05) is 74.5 Å². The van der Waals surface area contributed by atoms with E-state index in [1.807, 2.05) is 19.9 Å². The molecule has 1 aliphatic heterocycles. The van der Waals surface area contributed by atoms with Gasteiger partial charge in [0.25, 0.3) is 0 Å². The average Bonchev–Trinajstić information content (AvgIpc) is 3.77. The van der Waals surface area contributed by atoms with Crippen LogP contribution in [-0.4, -0.2) is 156 Å². The minimum Gasteiger partial charge on any atom is -0.462 e. The number of unbranched alkanes of at least 4 members (excludes halogenated alkanes) is 1. The zero-order valence-corrected chi connectivity index (χ0v) is 49.8. The number of likely N-dealkylation sites (tertiary alicyclic amines) is 1. The first-order chi connectivity index (χ1) is 37.0. The second-order valence-electron chi connectivity index (χ2n) is 24.6. The van der Waals surface area contributed by atoms with Crippen molar-refractivity contribution in [2.45, 2.75) is 194 Å². The number of rotatable bonds is 24. The number of amides is 8. The van der Waals surface area contributed by atoms with Crippen LogP contribution in [0.2, 0.25) is 0 Å². The highest BCUT2D eigenvalue weighted by molar-refractivity contribution is 5.96. The summed E-state index contributed by atoms with van der Waals surface area (Å²) < 4.78 is 27.5. The first kappa shape index (κ1) is 67.1. The standard InChI is InChI=1S/C58H90N8O14/c1-38(2)34-42(61-46(68)43(35-39-24-18-16-19-25-39)62-47(69)44(36-40-26-20-17-21-27-40)63-51(73)78-55(6,7)8)45(67)60-41(28-22-23-30-59-50(72)77-54(3,4)5)48(70)66-31-29-58(37-66,64-52(74)79-56(9,10)11)49(71)76-33-32-65(15)53(75)80-57(12,13)14/h16-21,24-27,38,41-44H,22-23,28-37H2,1-15H3,(H,59,72)(H,60,67)(H,61,68)(H,62,69)(H,63,73)(H,64,74)/t41-,42-,43-,44-,58?/m1/s1. The van der Waals surface area contributed by atoms with Crippen LogP contribution in [0.3, 0.4) is 0 Å². The molecule has 1 fully saturated rings. The molecule has 1 unspecified atom stereocenters. The minimum atomic E-state index is -1.82. The van der Waals surface area contributed by atoms with E-state index in [0.717, 1.165) is 5.56 Å². The van der Waals surface area contributed by atoms with Crippen LogP contribution in [0.5, 0.6) is 0 Å². The van der Waals surface area contributed by atoms with Gasteiger partial charge < -0.3 is 65.4 Å². The van der Waals surface area contributed by atoms with Crippen molar-refractivity contribution in [2.24, 2.45) is 5.92 Å². The number of nitrogens with one attached hydrogen (secondary N) is 6. The van der Waals surface area contributed by atoms with Crippen molar-refractivity contribution >= 4 is 54.0 Å². The maximum absolute atomic E-state index is 14.9. The second-order valence-corrected chi connectivity index (χ2v) is 24.6. The number of benzene rings is 2. The minimum absolute atomic E-state index is 0.00567.